The molecule has 0 aromatic carbocycles. The van der Waals surface area contributed by atoms with E-state index in [9.17, 15) is 4.79 Å². The number of hydrogen-bond acceptors (Lipinski definition) is 1. The van der Waals surface area contributed by atoms with Crippen LogP contribution in [0.4, 0.5) is 0 Å². The number of hydrogen-bond donors (Lipinski definition) is 1. The Hall–Kier alpha value is -0.790. The summed E-state index contributed by atoms with van der Waals surface area (Å²) in [6.45, 7) is 0. The summed E-state index contributed by atoms with van der Waals surface area (Å²) in [5, 5.41) is 8.74. The summed E-state index contributed by atoms with van der Waals surface area (Å²) in [4.78, 5) is 10.6. The van der Waals surface area contributed by atoms with Crippen LogP contribution in [0.1, 0.15) is 25.7 Å². The summed E-state index contributed by atoms with van der Waals surface area (Å²) in [7, 11) is 0. The number of carbonyl (C=O) groups is 1. The average Bonchev–Trinajstić information content (AvgIpc) is 2.84. The quantitative estimate of drug-likeness (QED) is 0.637. The minimum Gasteiger partial charge on any atom is -0.481 e. The number of carboxylic acid groups (broad SMARTS) is 1. The summed E-state index contributed by atoms with van der Waals surface area (Å²) < 4.78 is 0. The van der Waals surface area contributed by atoms with Gasteiger partial charge in [-0.05, 0) is 37.5 Å². The maximum atomic E-state index is 10.6. The third-order valence-electron chi connectivity index (χ3n) is 3.07. The highest BCUT2D eigenvalue weighted by Crippen LogP contribution is 2.48. The zero-order valence-electron chi connectivity index (χ0n) is 7.07. The van der Waals surface area contributed by atoms with E-state index in [1.165, 1.54) is 6.42 Å². The molecule has 1 N–H and O–H groups in total. The highest BCUT2D eigenvalue weighted by molar-refractivity contribution is 5.73. The fourth-order valence-electron chi connectivity index (χ4n) is 2.23. The lowest BCUT2D eigenvalue weighted by Crippen LogP contribution is -2.09. The normalized spacial score (nSPS) is 39.5. The molecule has 12 heavy (non-hydrogen) atoms. The van der Waals surface area contributed by atoms with Crippen LogP contribution >= 0.6 is 0 Å². The molecule has 0 spiro atoms. The average molecular weight is 166 g/mol. The molecule has 0 aliphatic heterocycles. The Morgan fingerprint density at radius 1 is 1.42 bits per heavy atom. The second kappa shape index (κ2) is 2.92. The lowest BCUT2D eigenvalue weighted by Gasteiger charge is -2.16. The summed E-state index contributed by atoms with van der Waals surface area (Å²) in [6.07, 6.45) is 8.78. The van der Waals surface area contributed by atoms with Crippen molar-refractivity contribution in [3.05, 3.63) is 12.2 Å². The van der Waals surface area contributed by atoms with Crippen molar-refractivity contribution in [2.24, 2.45) is 17.8 Å². The first-order valence-corrected chi connectivity index (χ1v) is 4.67. The van der Waals surface area contributed by atoms with Crippen LogP contribution in [0.25, 0.3) is 0 Å². The van der Waals surface area contributed by atoms with Crippen LogP contribution in [-0.2, 0) is 4.79 Å². The number of aliphatic carboxylic acids is 1. The second-order valence-corrected chi connectivity index (χ2v) is 3.89. The van der Waals surface area contributed by atoms with Gasteiger partial charge in [0, 0.05) is 0 Å². The highest BCUT2D eigenvalue weighted by atomic mass is 16.4. The Morgan fingerprint density at radius 3 is 2.75 bits per heavy atom. The van der Waals surface area contributed by atoms with Crippen LogP contribution in [0.3, 0.4) is 0 Å². The van der Waals surface area contributed by atoms with Crippen LogP contribution in [0.5, 0.6) is 0 Å². The maximum Gasteiger partial charge on any atom is 0.306 e. The molecular formula is C10H14O2. The second-order valence-electron chi connectivity index (χ2n) is 3.89. The molecular weight excluding hydrogens is 152 g/mol. The maximum absolute atomic E-state index is 10.6. The van der Waals surface area contributed by atoms with Crippen molar-refractivity contribution in [3.63, 3.8) is 0 Å². The van der Waals surface area contributed by atoms with Crippen molar-refractivity contribution in [1.82, 2.24) is 0 Å². The third kappa shape index (κ3) is 1.38. The molecule has 0 radical (unpaired) electrons. The molecule has 66 valence electrons. The third-order valence-corrected chi connectivity index (χ3v) is 3.07. The fourth-order valence-corrected chi connectivity index (χ4v) is 2.23. The molecule has 1 unspecified atom stereocenters. The molecule has 0 aromatic heterocycles. The molecule has 2 nitrogen and oxygen atoms in total. The van der Waals surface area contributed by atoms with E-state index >= 15 is 0 Å². The lowest BCUT2D eigenvalue weighted by molar-refractivity contribution is -0.139. The summed E-state index contributed by atoms with van der Waals surface area (Å²) in [5.74, 6) is 0.555. The highest BCUT2D eigenvalue weighted by Gasteiger charge is 2.47. The first-order chi connectivity index (χ1) is 5.79. The predicted molar refractivity (Wildman–Crippen MR) is 45.7 cm³/mol. The molecule has 2 aliphatic carbocycles. The van der Waals surface area contributed by atoms with Crippen LogP contribution in [0.15, 0.2) is 12.2 Å². The van der Waals surface area contributed by atoms with Crippen LogP contribution in [-0.4, -0.2) is 11.1 Å². The molecule has 0 saturated heterocycles. The minimum atomic E-state index is -0.588. The Morgan fingerprint density at radius 2 is 2.25 bits per heavy atom. The monoisotopic (exact) mass is 166 g/mol. The van der Waals surface area contributed by atoms with Gasteiger partial charge in [-0.2, -0.15) is 0 Å². The Bertz CT molecular complexity index is 220. The van der Waals surface area contributed by atoms with Crippen molar-refractivity contribution in [3.8, 4) is 0 Å². The van der Waals surface area contributed by atoms with Gasteiger partial charge in [0.2, 0.25) is 0 Å². The minimum absolute atomic E-state index is 0.0125. The van der Waals surface area contributed by atoms with Gasteiger partial charge >= 0.3 is 5.97 Å². The molecule has 2 aliphatic rings. The predicted octanol–water partition coefficient (Wildman–Crippen LogP) is 2.06. The zero-order valence-corrected chi connectivity index (χ0v) is 7.07. The largest absolute Gasteiger partial charge is 0.481 e. The molecule has 1 saturated carbocycles. The Labute approximate surface area is 72.3 Å². The van der Waals surface area contributed by atoms with E-state index in [0.29, 0.717) is 11.8 Å². The topological polar surface area (TPSA) is 37.3 Å². The Balaban J connectivity index is 1.88. The van der Waals surface area contributed by atoms with Crippen molar-refractivity contribution in [2.75, 3.05) is 0 Å². The van der Waals surface area contributed by atoms with Gasteiger partial charge in [-0.1, -0.05) is 12.2 Å². The molecule has 0 heterocycles. The van der Waals surface area contributed by atoms with E-state index in [1.54, 1.807) is 0 Å². The number of allylic oxidation sites excluding steroid dienone is 2. The van der Waals surface area contributed by atoms with Crippen LogP contribution in [0.2, 0.25) is 0 Å². The Kier molecular flexibility index (Phi) is 1.91. The fraction of sp³-hybridized carbons (Fsp3) is 0.700. The molecule has 2 heteroatoms. The van der Waals surface area contributed by atoms with E-state index in [1.807, 2.05) is 0 Å². The van der Waals surface area contributed by atoms with Gasteiger partial charge in [0.1, 0.15) is 0 Å². The van der Waals surface area contributed by atoms with E-state index in [0.717, 1.165) is 19.3 Å². The first-order valence-electron chi connectivity index (χ1n) is 4.67. The zero-order chi connectivity index (χ0) is 8.55. The van der Waals surface area contributed by atoms with Crippen molar-refractivity contribution >= 4 is 5.97 Å². The molecule has 2 rings (SSSR count). The molecule has 0 bridgehead atoms. The van der Waals surface area contributed by atoms with Gasteiger partial charge in [-0.25, -0.2) is 0 Å². The first kappa shape index (κ1) is 7.84. The molecule has 1 fully saturated rings. The van der Waals surface area contributed by atoms with Crippen LogP contribution in [0, 0.1) is 17.8 Å². The summed E-state index contributed by atoms with van der Waals surface area (Å²) >= 11 is 0. The lowest BCUT2D eigenvalue weighted by atomic mass is 9.89. The molecule has 3 atom stereocenters. The van der Waals surface area contributed by atoms with E-state index in [4.69, 9.17) is 5.11 Å². The van der Waals surface area contributed by atoms with Gasteiger partial charge in [-0.15, -0.1) is 0 Å². The van der Waals surface area contributed by atoms with Crippen molar-refractivity contribution < 1.29 is 9.90 Å². The van der Waals surface area contributed by atoms with Gasteiger partial charge in [0.25, 0.3) is 0 Å². The smallest absolute Gasteiger partial charge is 0.306 e. The van der Waals surface area contributed by atoms with Gasteiger partial charge in [0.15, 0.2) is 0 Å². The standard InChI is InChI=1S/C10H14O2/c11-10(12)9-6-8(9)7-4-2-1-3-5-7/h1-2,7-9H,3-6H2,(H,11,12)/t7?,8-,9+/m0/s1. The van der Waals surface area contributed by atoms with Gasteiger partial charge in [0.05, 0.1) is 5.92 Å². The van der Waals surface area contributed by atoms with Gasteiger partial charge < -0.3 is 5.11 Å². The summed E-state index contributed by atoms with van der Waals surface area (Å²) in [5.41, 5.74) is 0. The van der Waals surface area contributed by atoms with E-state index in [2.05, 4.69) is 12.2 Å². The summed E-state index contributed by atoms with van der Waals surface area (Å²) in [6, 6.07) is 0. The number of carboxylic acids is 1. The van der Waals surface area contributed by atoms with E-state index < -0.39 is 5.97 Å². The van der Waals surface area contributed by atoms with E-state index in [-0.39, 0.29) is 5.92 Å². The molecule has 0 aromatic rings. The van der Waals surface area contributed by atoms with Crippen molar-refractivity contribution in [2.45, 2.75) is 25.7 Å². The molecule has 0 amide bonds. The van der Waals surface area contributed by atoms with Gasteiger partial charge in [-0.3, -0.25) is 4.79 Å². The van der Waals surface area contributed by atoms with Crippen molar-refractivity contribution in [1.29, 1.82) is 0 Å². The SMILES string of the molecule is O=C(O)[C@@H]1C[C@H]1C1CC=CCC1. The van der Waals surface area contributed by atoms with Crippen LogP contribution < -0.4 is 0 Å². The number of rotatable bonds is 2.